The van der Waals surface area contributed by atoms with Gasteiger partial charge in [0.2, 0.25) is 0 Å². The fourth-order valence-corrected chi connectivity index (χ4v) is 1.69. The van der Waals surface area contributed by atoms with Crippen LogP contribution in [-0.4, -0.2) is 5.11 Å². The fraction of sp³-hybridized carbons (Fsp3) is 0.538. The van der Waals surface area contributed by atoms with Gasteiger partial charge < -0.3 is 5.11 Å². The zero-order chi connectivity index (χ0) is 10.9. The predicted molar refractivity (Wildman–Crippen MR) is 60.9 cm³/mol. The van der Waals surface area contributed by atoms with Gasteiger partial charge in [-0.25, -0.2) is 0 Å². The molecule has 0 spiro atoms. The molecule has 1 N–H and O–H groups in total. The SMILES string of the molecule is CCc1c(C)cc(C(C)(C)C)cc1O. The first kappa shape index (κ1) is 11.1. The summed E-state index contributed by atoms with van der Waals surface area (Å²) in [6, 6.07) is 4.07. The Bertz CT molecular complexity index is 309. The van der Waals surface area contributed by atoms with Crippen LogP contribution in [0.25, 0.3) is 0 Å². The Balaban J connectivity index is 3.28. The van der Waals surface area contributed by atoms with Gasteiger partial charge in [-0.15, -0.1) is 0 Å². The largest absolute Gasteiger partial charge is 0.508 e. The highest BCUT2D eigenvalue weighted by atomic mass is 16.3. The van der Waals surface area contributed by atoms with Crippen LogP contribution in [0.5, 0.6) is 5.75 Å². The first-order valence-electron chi connectivity index (χ1n) is 5.19. The summed E-state index contributed by atoms with van der Waals surface area (Å²) in [6.07, 6.45) is 0.891. The van der Waals surface area contributed by atoms with E-state index in [0.717, 1.165) is 12.0 Å². The lowest BCUT2D eigenvalue weighted by atomic mass is 9.85. The second-order valence-corrected chi connectivity index (χ2v) is 4.89. The molecular formula is C13H20O. The summed E-state index contributed by atoms with van der Waals surface area (Å²) in [4.78, 5) is 0. The monoisotopic (exact) mass is 192 g/mol. The van der Waals surface area contributed by atoms with E-state index >= 15 is 0 Å². The van der Waals surface area contributed by atoms with Gasteiger partial charge in [-0.1, -0.05) is 33.8 Å². The molecule has 1 nitrogen and oxygen atoms in total. The molecule has 0 unspecified atom stereocenters. The second kappa shape index (κ2) is 3.64. The van der Waals surface area contributed by atoms with Gasteiger partial charge in [0.15, 0.2) is 0 Å². The van der Waals surface area contributed by atoms with E-state index in [-0.39, 0.29) is 5.41 Å². The Morgan fingerprint density at radius 1 is 1.21 bits per heavy atom. The molecule has 0 fully saturated rings. The van der Waals surface area contributed by atoms with Crippen molar-refractivity contribution in [1.82, 2.24) is 0 Å². The summed E-state index contributed by atoms with van der Waals surface area (Å²) in [7, 11) is 0. The average molecular weight is 192 g/mol. The van der Waals surface area contributed by atoms with Crippen LogP contribution in [-0.2, 0) is 11.8 Å². The molecule has 0 aliphatic carbocycles. The molecule has 0 saturated carbocycles. The van der Waals surface area contributed by atoms with E-state index in [1.54, 1.807) is 0 Å². The third-order valence-electron chi connectivity index (χ3n) is 2.67. The molecule has 0 atom stereocenters. The highest BCUT2D eigenvalue weighted by Gasteiger charge is 2.16. The smallest absolute Gasteiger partial charge is 0.119 e. The van der Waals surface area contributed by atoms with Gasteiger partial charge >= 0.3 is 0 Å². The molecule has 0 aromatic heterocycles. The van der Waals surface area contributed by atoms with Crippen LogP contribution < -0.4 is 0 Å². The predicted octanol–water partition coefficient (Wildman–Crippen LogP) is 3.56. The molecule has 0 amide bonds. The van der Waals surface area contributed by atoms with E-state index in [9.17, 15) is 5.11 Å². The maximum atomic E-state index is 9.84. The zero-order valence-corrected chi connectivity index (χ0v) is 9.81. The van der Waals surface area contributed by atoms with E-state index < -0.39 is 0 Å². The number of aryl methyl sites for hydroxylation is 1. The molecule has 78 valence electrons. The van der Waals surface area contributed by atoms with Crippen molar-refractivity contribution < 1.29 is 5.11 Å². The molecule has 0 aliphatic heterocycles. The average Bonchev–Trinajstić information content (AvgIpc) is 2.01. The number of phenols is 1. The summed E-state index contributed by atoms with van der Waals surface area (Å²) in [5.41, 5.74) is 3.56. The highest BCUT2D eigenvalue weighted by molar-refractivity contribution is 5.44. The Kier molecular flexibility index (Phi) is 2.89. The van der Waals surface area contributed by atoms with Crippen molar-refractivity contribution in [1.29, 1.82) is 0 Å². The minimum atomic E-state index is 0.106. The third kappa shape index (κ3) is 2.09. The first-order chi connectivity index (χ1) is 6.36. The van der Waals surface area contributed by atoms with Crippen LogP contribution in [0.4, 0.5) is 0 Å². The first-order valence-corrected chi connectivity index (χ1v) is 5.19. The lowest BCUT2D eigenvalue weighted by Gasteiger charge is -2.21. The fourth-order valence-electron chi connectivity index (χ4n) is 1.69. The molecule has 0 bridgehead atoms. The van der Waals surface area contributed by atoms with Gasteiger partial charge in [0.05, 0.1) is 0 Å². The summed E-state index contributed by atoms with van der Waals surface area (Å²) in [5, 5.41) is 9.84. The molecule has 1 aromatic carbocycles. The number of rotatable bonds is 1. The molecular weight excluding hydrogens is 172 g/mol. The standard InChI is InChI=1S/C13H20O/c1-6-11-9(2)7-10(8-12(11)14)13(3,4)5/h7-8,14H,6H2,1-5H3. The van der Waals surface area contributed by atoms with Gasteiger partial charge in [0.25, 0.3) is 0 Å². The van der Waals surface area contributed by atoms with Crippen LogP contribution in [0.1, 0.15) is 44.4 Å². The van der Waals surface area contributed by atoms with Crippen LogP contribution >= 0.6 is 0 Å². The zero-order valence-electron chi connectivity index (χ0n) is 9.81. The topological polar surface area (TPSA) is 20.2 Å². The van der Waals surface area contributed by atoms with Crippen molar-refractivity contribution >= 4 is 0 Å². The Morgan fingerprint density at radius 3 is 2.14 bits per heavy atom. The summed E-state index contributed by atoms with van der Waals surface area (Å²) >= 11 is 0. The molecule has 0 heterocycles. The van der Waals surface area contributed by atoms with Crippen LogP contribution in [0.15, 0.2) is 12.1 Å². The maximum absolute atomic E-state index is 9.84. The normalized spacial score (nSPS) is 11.8. The van der Waals surface area contributed by atoms with Crippen molar-refractivity contribution in [3.8, 4) is 5.75 Å². The van der Waals surface area contributed by atoms with Gasteiger partial charge in [-0.2, -0.15) is 0 Å². The van der Waals surface area contributed by atoms with E-state index in [2.05, 4.69) is 40.7 Å². The number of benzene rings is 1. The third-order valence-corrected chi connectivity index (χ3v) is 2.67. The Hall–Kier alpha value is -0.980. The van der Waals surface area contributed by atoms with Crippen molar-refractivity contribution in [2.24, 2.45) is 0 Å². The molecule has 1 heteroatoms. The number of hydrogen-bond donors (Lipinski definition) is 1. The molecule has 0 aliphatic rings. The van der Waals surface area contributed by atoms with Gasteiger partial charge in [-0.05, 0) is 41.5 Å². The van der Waals surface area contributed by atoms with E-state index in [1.807, 2.05) is 6.07 Å². The van der Waals surface area contributed by atoms with Gasteiger partial charge in [-0.3, -0.25) is 0 Å². The van der Waals surface area contributed by atoms with Crippen LogP contribution in [0.3, 0.4) is 0 Å². The summed E-state index contributed by atoms with van der Waals surface area (Å²) in [5.74, 6) is 0.442. The number of aromatic hydroxyl groups is 1. The van der Waals surface area contributed by atoms with E-state index in [1.165, 1.54) is 11.1 Å². The van der Waals surface area contributed by atoms with Crippen molar-refractivity contribution in [3.63, 3.8) is 0 Å². The maximum Gasteiger partial charge on any atom is 0.119 e. The summed E-state index contributed by atoms with van der Waals surface area (Å²) in [6.45, 7) is 10.6. The summed E-state index contributed by atoms with van der Waals surface area (Å²) < 4.78 is 0. The molecule has 14 heavy (non-hydrogen) atoms. The lowest BCUT2D eigenvalue weighted by molar-refractivity contribution is 0.464. The minimum Gasteiger partial charge on any atom is -0.508 e. The lowest BCUT2D eigenvalue weighted by Crippen LogP contribution is -2.11. The Labute approximate surface area is 86.8 Å². The molecule has 0 saturated heterocycles. The molecule has 0 radical (unpaired) electrons. The van der Waals surface area contributed by atoms with Gasteiger partial charge in [0, 0.05) is 0 Å². The highest BCUT2D eigenvalue weighted by Crippen LogP contribution is 2.30. The van der Waals surface area contributed by atoms with E-state index in [0.29, 0.717) is 5.75 Å². The molecule has 1 aromatic rings. The molecule has 1 rings (SSSR count). The Morgan fingerprint density at radius 2 is 1.79 bits per heavy atom. The minimum absolute atomic E-state index is 0.106. The van der Waals surface area contributed by atoms with Gasteiger partial charge in [0.1, 0.15) is 5.75 Å². The van der Waals surface area contributed by atoms with Crippen molar-refractivity contribution in [2.75, 3.05) is 0 Å². The number of phenolic OH excluding ortho intramolecular Hbond substituents is 1. The van der Waals surface area contributed by atoms with Crippen LogP contribution in [0, 0.1) is 6.92 Å². The quantitative estimate of drug-likeness (QED) is 0.721. The van der Waals surface area contributed by atoms with Crippen molar-refractivity contribution in [2.45, 2.75) is 46.5 Å². The van der Waals surface area contributed by atoms with Crippen LogP contribution in [0.2, 0.25) is 0 Å². The van der Waals surface area contributed by atoms with Crippen molar-refractivity contribution in [3.05, 3.63) is 28.8 Å². The second-order valence-electron chi connectivity index (χ2n) is 4.89. The van der Waals surface area contributed by atoms with E-state index in [4.69, 9.17) is 0 Å². The number of hydrogen-bond acceptors (Lipinski definition) is 1.